The molecular weight excluding hydrogens is 414 g/mol. The normalized spacial score (nSPS) is 18.6. The molecular formula is C19H16BrN3O4. The molecule has 27 heavy (non-hydrogen) atoms. The van der Waals surface area contributed by atoms with Gasteiger partial charge in [0, 0.05) is 28.8 Å². The van der Waals surface area contributed by atoms with E-state index in [-0.39, 0.29) is 30.7 Å². The molecule has 1 atom stereocenters. The van der Waals surface area contributed by atoms with Crippen LogP contribution in [-0.4, -0.2) is 30.9 Å². The molecule has 2 aliphatic rings. The van der Waals surface area contributed by atoms with Crippen LogP contribution in [0.25, 0.3) is 0 Å². The number of amides is 3. The number of hydrogen-bond acceptors (Lipinski definition) is 4. The summed E-state index contributed by atoms with van der Waals surface area (Å²) >= 11 is 3.37. The van der Waals surface area contributed by atoms with Crippen molar-refractivity contribution in [3.8, 4) is 5.75 Å². The molecule has 2 N–H and O–H groups in total. The fraction of sp³-hybridized carbons (Fsp3) is 0.211. The topological polar surface area (TPSA) is 87.7 Å². The molecule has 0 bridgehead atoms. The van der Waals surface area contributed by atoms with E-state index in [0.29, 0.717) is 23.7 Å². The van der Waals surface area contributed by atoms with E-state index in [2.05, 4.69) is 26.6 Å². The molecule has 8 heteroatoms. The SMILES string of the molecule is O=C1COc2ccc(NC(=O)C3CC(=O)N(c4ccc(Br)cc4)C3)cc2N1. The van der Waals surface area contributed by atoms with Gasteiger partial charge >= 0.3 is 0 Å². The number of halogens is 1. The summed E-state index contributed by atoms with van der Waals surface area (Å²) in [5.74, 6) is -0.430. The third kappa shape index (κ3) is 3.66. The van der Waals surface area contributed by atoms with Crippen LogP contribution in [0.4, 0.5) is 17.1 Å². The first-order chi connectivity index (χ1) is 13.0. The first-order valence-corrected chi connectivity index (χ1v) is 9.22. The van der Waals surface area contributed by atoms with Gasteiger partial charge in [-0.2, -0.15) is 0 Å². The van der Waals surface area contributed by atoms with Gasteiger partial charge in [0.1, 0.15) is 5.75 Å². The van der Waals surface area contributed by atoms with Crippen molar-refractivity contribution < 1.29 is 19.1 Å². The second kappa shape index (κ2) is 7.03. The Balaban J connectivity index is 1.45. The predicted molar refractivity (Wildman–Crippen MR) is 104 cm³/mol. The Bertz CT molecular complexity index is 929. The highest BCUT2D eigenvalue weighted by molar-refractivity contribution is 9.10. The molecule has 7 nitrogen and oxygen atoms in total. The van der Waals surface area contributed by atoms with Gasteiger partial charge in [0.05, 0.1) is 11.6 Å². The van der Waals surface area contributed by atoms with Crippen molar-refractivity contribution in [1.29, 1.82) is 0 Å². The summed E-state index contributed by atoms with van der Waals surface area (Å²) in [4.78, 5) is 38.0. The number of ether oxygens (including phenoxy) is 1. The summed E-state index contributed by atoms with van der Waals surface area (Å²) in [6, 6.07) is 12.4. The van der Waals surface area contributed by atoms with Gasteiger partial charge in [0.2, 0.25) is 11.8 Å². The van der Waals surface area contributed by atoms with E-state index in [1.807, 2.05) is 24.3 Å². The average molecular weight is 430 g/mol. The van der Waals surface area contributed by atoms with Gasteiger partial charge in [-0.25, -0.2) is 0 Å². The van der Waals surface area contributed by atoms with Crippen LogP contribution in [0.5, 0.6) is 5.75 Å². The van der Waals surface area contributed by atoms with E-state index in [1.54, 1.807) is 23.1 Å². The molecule has 0 aromatic heterocycles. The molecule has 2 aliphatic heterocycles. The van der Waals surface area contributed by atoms with E-state index in [9.17, 15) is 14.4 Å². The Kier molecular flexibility index (Phi) is 4.57. The van der Waals surface area contributed by atoms with Crippen molar-refractivity contribution in [3.63, 3.8) is 0 Å². The predicted octanol–water partition coefficient (Wildman–Crippen LogP) is 2.77. The maximum Gasteiger partial charge on any atom is 0.262 e. The number of nitrogens with zero attached hydrogens (tertiary/aromatic N) is 1. The van der Waals surface area contributed by atoms with Crippen LogP contribution in [0.3, 0.4) is 0 Å². The summed E-state index contributed by atoms with van der Waals surface area (Å²) in [5, 5.41) is 5.52. The smallest absolute Gasteiger partial charge is 0.262 e. The van der Waals surface area contributed by atoms with E-state index >= 15 is 0 Å². The van der Waals surface area contributed by atoms with E-state index < -0.39 is 5.92 Å². The van der Waals surface area contributed by atoms with Gasteiger partial charge in [-0.15, -0.1) is 0 Å². The lowest BCUT2D eigenvalue weighted by Gasteiger charge is -2.19. The van der Waals surface area contributed by atoms with Crippen molar-refractivity contribution in [3.05, 3.63) is 46.9 Å². The Morgan fingerprint density at radius 3 is 2.74 bits per heavy atom. The second-order valence-corrected chi connectivity index (χ2v) is 7.33. The van der Waals surface area contributed by atoms with Gasteiger partial charge in [0.25, 0.3) is 5.91 Å². The Labute approximate surface area is 163 Å². The quantitative estimate of drug-likeness (QED) is 0.784. The average Bonchev–Trinajstić information content (AvgIpc) is 3.04. The number of carbonyl (C=O) groups excluding carboxylic acids is 3. The number of carbonyl (C=O) groups is 3. The number of benzene rings is 2. The highest BCUT2D eigenvalue weighted by Gasteiger charge is 2.35. The summed E-state index contributed by atoms with van der Waals surface area (Å²) in [6.07, 6.45) is 0.159. The first kappa shape index (κ1) is 17.5. The van der Waals surface area contributed by atoms with Crippen LogP contribution in [0.2, 0.25) is 0 Å². The Morgan fingerprint density at radius 1 is 1.19 bits per heavy atom. The number of hydrogen-bond donors (Lipinski definition) is 2. The van der Waals surface area contributed by atoms with Crippen molar-refractivity contribution >= 4 is 50.7 Å². The molecule has 0 radical (unpaired) electrons. The molecule has 0 aliphatic carbocycles. The molecule has 2 heterocycles. The summed E-state index contributed by atoms with van der Waals surface area (Å²) < 4.78 is 6.23. The maximum absolute atomic E-state index is 12.6. The van der Waals surface area contributed by atoms with Gasteiger partial charge in [-0.05, 0) is 42.5 Å². The fourth-order valence-electron chi connectivity index (χ4n) is 3.16. The standard InChI is InChI=1S/C19H16BrN3O4/c20-12-1-4-14(5-2-12)23-9-11(7-18(23)25)19(26)21-13-3-6-16-15(8-13)22-17(24)10-27-16/h1-6,8,11H,7,9-10H2,(H,21,26)(H,22,24). The minimum Gasteiger partial charge on any atom is -0.482 e. The number of nitrogens with one attached hydrogen (secondary N) is 2. The summed E-state index contributed by atoms with van der Waals surface area (Å²) in [6.45, 7) is 0.311. The number of anilines is 3. The van der Waals surface area contributed by atoms with Gasteiger partial charge < -0.3 is 20.3 Å². The largest absolute Gasteiger partial charge is 0.482 e. The van der Waals surface area contributed by atoms with E-state index in [1.165, 1.54) is 0 Å². The molecule has 2 aromatic rings. The molecule has 3 amide bonds. The van der Waals surface area contributed by atoms with Crippen molar-refractivity contribution in [2.45, 2.75) is 6.42 Å². The third-order valence-corrected chi connectivity index (χ3v) is 5.04. The van der Waals surface area contributed by atoms with Crippen LogP contribution in [0.15, 0.2) is 46.9 Å². The first-order valence-electron chi connectivity index (χ1n) is 8.43. The molecule has 0 spiro atoms. The van der Waals surface area contributed by atoms with E-state index in [4.69, 9.17) is 4.74 Å². The monoisotopic (exact) mass is 429 g/mol. The fourth-order valence-corrected chi connectivity index (χ4v) is 3.42. The van der Waals surface area contributed by atoms with Crippen molar-refractivity contribution in [2.75, 3.05) is 28.7 Å². The zero-order valence-electron chi connectivity index (χ0n) is 14.2. The second-order valence-electron chi connectivity index (χ2n) is 6.42. The molecule has 0 saturated carbocycles. The number of rotatable bonds is 3. The molecule has 1 unspecified atom stereocenters. The Morgan fingerprint density at radius 2 is 1.96 bits per heavy atom. The van der Waals surface area contributed by atoms with Gasteiger partial charge in [-0.1, -0.05) is 15.9 Å². The molecule has 4 rings (SSSR count). The lowest BCUT2D eigenvalue weighted by molar-refractivity contribution is -0.122. The number of fused-ring (bicyclic) bond motifs is 1. The molecule has 1 fully saturated rings. The van der Waals surface area contributed by atoms with Crippen molar-refractivity contribution in [2.24, 2.45) is 5.92 Å². The maximum atomic E-state index is 12.6. The van der Waals surface area contributed by atoms with Gasteiger partial charge in [0.15, 0.2) is 6.61 Å². The van der Waals surface area contributed by atoms with Crippen LogP contribution >= 0.6 is 15.9 Å². The molecule has 1 saturated heterocycles. The zero-order chi connectivity index (χ0) is 19.0. The van der Waals surface area contributed by atoms with Gasteiger partial charge in [-0.3, -0.25) is 14.4 Å². The van der Waals surface area contributed by atoms with Crippen LogP contribution in [0, 0.1) is 5.92 Å². The minimum absolute atomic E-state index is 0.0191. The minimum atomic E-state index is -0.442. The third-order valence-electron chi connectivity index (χ3n) is 4.51. The van der Waals surface area contributed by atoms with Crippen LogP contribution in [0.1, 0.15) is 6.42 Å². The van der Waals surface area contributed by atoms with E-state index in [0.717, 1.165) is 10.2 Å². The van der Waals surface area contributed by atoms with Crippen molar-refractivity contribution in [1.82, 2.24) is 0 Å². The van der Waals surface area contributed by atoms with Crippen LogP contribution in [-0.2, 0) is 14.4 Å². The zero-order valence-corrected chi connectivity index (χ0v) is 15.8. The lowest BCUT2D eigenvalue weighted by Crippen LogP contribution is -2.28. The highest BCUT2D eigenvalue weighted by atomic mass is 79.9. The highest BCUT2D eigenvalue weighted by Crippen LogP contribution is 2.31. The Hall–Kier alpha value is -2.87. The summed E-state index contributed by atoms with van der Waals surface area (Å²) in [7, 11) is 0. The molecule has 138 valence electrons. The lowest BCUT2D eigenvalue weighted by atomic mass is 10.1. The molecule has 2 aromatic carbocycles. The summed E-state index contributed by atoms with van der Waals surface area (Å²) in [5.41, 5.74) is 1.83. The van der Waals surface area contributed by atoms with Crippen LogP contribution < -0.4 is 20.3 Å².